The summed E-state index contributed by atoms with van der Waals surface area (Å²) in [5, 5.41) is 19.7. The maximum atomic E-state index is 11.4. The zero-order valence-corrected chi connectivity index (χ0v) is 15.1. The maximum Gasteiger partial charge on any atom is 0.339 e. The van der Waals surface area contributed by atoms with Gasteiger partial charge in [-0.25, -0.2) is 4.79 Å². The molecule has 1 aromatic rings. The first-order valence-corrected chi connectivity index (χ1v) is 8.53. The van der Waals surface area contributed by atoms with Gasteiger partial charge in [-0.3, -0.25) is 0 Å². The van der Waals surface area contributed by atoms with Gasteiger partial charge in [0.25, 0.3) is 0 Å². The first kappa shape index (κ1) is 19.8. The molecule has 0 aromatic heterocycles. The van der Waals surface area contributed by atoms with Crippen molar-refractivity contribution in [1.82, 2.24) is 0 Å². The number of hydrogen-bond donors (Lipinski definition) is 2. The number of benzene rings is 1. The number of phenols is 1. The average molecular weight is 332 g/mol. The van der Waals surface area contributed by atoms with Crippen LogP contribution >= 0.6 is 0 Å². The third-order valence-electron chi connectivity index (χ3n) is 3.91. The van der Waals surface area contributed by atoms with Crippen molar-refractivity contribution in [1.29, 1.82) is 0 Å². The second-order valence-electron chi connectivity index (χ2n) is 5.80. The summed E-state index contributed by atoms with van der Waals surface area (Å²) in [5.74, 6) is -0.785. The second-order valence-corrected chi connectivity index (χ2v) is 5.80. The van der Waals surface area contributed by atoms with Gasteiger partial charge in [0.05, 0.1) is 5.56 Å². The maximum absolute atomic E-state index is 11.4. The van der Waals surface area contributed by atoms with Crippen molar-refractivity contribution >= 4 is 12.0 Å². The predicted octanol–water partition coefficient (Wildman–Crippen LogP) is 5.20. The summed E-state index contributed by atoms with van der Waals surface area (Å²) in [7, 11) is 0. The Kier molecular flexibility index (Phi) is 7.08. The topological polar surface area (TPSA) is 66.8 Å². The van der Waals surface area contributed by atoms with Gasteiger partial charge in [0.15, 0.2) is 0 Å². The minimum atomic E-state index is -1.11. The number of fused-ring (bicyclic) bond motifs is 1. The molecule has 0 fully saturated rings. The zero-order valence-electron chi connectivity index (χ0n) is 15.1. The number of carboxylic acid groups (broad SMARTS) is 1. The number of allylic oxidation sites excluding steroid dienone is 1. The van der Waals surface area contributed by atoms with Crippen molar-refractivity contribution in [2.75, 3.05) is 0 Å². The van der Waals surface area contributed by atoms with E-state index in [0.717, 1.165) is 19.3 Å². The lowest BCUT2D eigenvalue weighted by molar-refractivity contribution is 0.0692. The first-order valence-electron chi connectivity index (χ1n) is 8.53. The highest BCUT2D eigenvalue weighted by Gasteiger charge is 2.30. The molecule has 132 valence electrons. The Morgan fingerprint density at radius 2 is 2.08 bits per heavy atom. The normalized spacial score (nSPS) is 18.0. The van der Waals surface area contributed by atoms with Crippen LogP contribution in [0.4, 0.5) is 0 Å². The number of ether oxygens (including phenoxy) is 1. The van der Waals surface area contributed by atoms with Crippen molar-refractivity contribution < 1.29 is 19.7 Å². The minimum absolute atomic E-state index is 0.0245. The molecule has 1 heterocycles. The lowest BCUT2D eigenvalue weighted by Gasteiger charge is -2.32. The minimum Gasteiger partial charge on any atom is -0.506 e. The fraction of sp³-hybridized carbons (Fsp3) is 0.450. The number of carboxylic acids is 1. The van der Waals surface area contributed by atoms with Crippen LogP contribution in [0.15, 0.2) is 24.8 Å². The Balaban J connectivity index is 0.00000139. The van der Waals surface area contributed by atoms with Gasteiger partial charge in [0, 0.05) is 0 Å². The Hall–Kier alpha value is -2.23. The van der Waals surface area contributed by atoms with E-state index in [1.54, 1.807) is 12.1 Å². The number of aromatic carboxylic acids is 1. The fourth-order valence-corrected chi connectivity index (χ4v) is 2.73. The average Bonchev–Trinajstić information content (AvgIpc) is 2.54. The predicted molar refractivity (Wildman–Crippen MR) is 97.9 cm³/mol. The van der Waals surface area contributed by atoms with E-state index in [1.165, 1.54) is 0 Å². The van der Waals surface area contributed by atoms with E-state index in [2.05, 4.69) is 6.58 Å². The second kappa shape index (κ2) is 8.57. The van der Waals surface area contributed by atoms with Crippen LogP contribution in [0, 0.1) is 0 Å². The van der Waals surface area contributed by atoms with Crippen molar-refractivity contribution in [3.8, 4) is 11.5 Å². The molecular formula is C20H28O4. The third-order valence-corrected chi connectivity index (χ3v) is 3.91. The van der Waals surface area contributed by atoms with E-state index in [-0.39, 0.29) is 11.3 Å². The molecule has 1 atom stereocenters. The highest BCUT2D eigenvalue weighted by molar-refractivity contribution is 5.95. The Morgan fingerprint density at radius 3 is 2.62 bits per heavy atom. The monoisotopic (exact) mass is 332 g/mol. The number of aryl methyl sites for hydroxylation is 1. The zero-order chi connectivity index (χ0) is 18.3. The summed E-state index contributed by atoms with van der Waals surface area (Å²) in [4.78, 5) is 11.4. The molecule has 1 aliphatic heterocycles. The summed E-state index contributed by atoms with van der Waals surface area (Å²) < 4.78 is 6.04. The summed E-state index contributed by atoms with van der Waals surface area (Å²) in [5.41, 5.74) is 0.548. The van der Waals surface area contributed by atoms with Gasteiger partial charge in [0.2, 0.25) is 0 Å². The smallest absolute Gasteiger partial charge is 0.339 e. The van der Waals surface area contributed by atoms with E-state index in [1.807, 2.05) is 39.8 Å². The molecule has 1 aliphatic rings. The molecule has 2 N–H and O–H groups in total. The highest BCUT2D eigenvalue weighted by atomic mass is 16.5. The Labute approximate surface area is 144 Å². The number of carbonyl (C=O) groups is 1. The molecule has 0 saturated carbocycles. The van der Waals surface area contributed by atoms with Crippen LogP contribution in [0.5, 0.6) is 11.5 Å². The molecular weight excluding hydrogens is 304 g/mol. The van der Waals surface area contributed by atoms with E-state index >= 15 is 0 Å². The molecule has 0 saturated heterocycles. The lowest BCUT2D eigenvalue weighted by atomic mass is 9.91. The molecule has 0 radical (unpaired) electrons. The van der Waals surface area contributed by atoms with E-state index in [0.29, 0.717) is 23.3 Å². The SMILES string of the molecule is C=CCCC1(C)C=Cc2c(cc(CCC)c(C(=O)O)c2O)O1.CC. The molecule has 2 rings (SSSR count). The molecule has 1 unspecified atom stereocenters. The van der Waals surface area contributed by atoms with Crippen molar-refractivity contribution in [3.05, 3.63) is 41.5 Å². The standard InChI is InChI=1S/C18H22O4.C2H6/c1-4-6-9-18(3)10-8-13-14(22-18)11-12(7-5-2)15(16(13)19)17(20)21;1-2/h4,8,10-11,19H,1,5-7,9H2,2-3H3,(H,20,21);1-2H3. The Bertz CT molecular complexity index is 631. The first-order chi connectivity index (χ1) is 11.4. The van der Waals surface area contributed by atoms with Gasteiger partial charge in [-0.2, -0.15) is 0 Å². The van der Waals surface area contributed by atoms with Crippen LogP contribution in [0.2, 0.25) is 0 Å². The third kappa shape index (κ3) is 4.19. The lowest BCUT2D eigenvalue weighted by Crippen LogP contribution is -2.32. The molecule has 0 amide bonds. The molecule has 24 heavy (non-hydrogen) atoms. The summed E-state index contributed by atoms with van der Waals surface area (Å²) in [6, 6.07) is 1.75. The van der Waals surface area contributed by atoms with E-state index < -0.39 is 11.6 Å². The molecule has 0 aliphatic carbocycles. The van der Waals surface area contributed by atoms with Crippen molar-refractivity contribution in [2.45, 2.75) is 59.0 Å². The molecule has 4 nitrogen and oxygen atoms in total. The van der Waals surface area contributed by atoms with Gasteiger partial charge in [-0.15, -0.1) is 6.58 Å². The Morgan fingerprint density at radius 1 is 1.42 bits per heavy atom. The largest absolute Gasteiger partial charge is 0.506 e. The summed E-state index contributed by atoms with van der Waals surface area (Å²) in [6.07, 6.45) is 8.42. The van der Waals surface area contributed by atoms with Crippen LogP contribution < -0.4 is 4.74 Å². The van der Waals surface area contributed by atoms with Crippen LogP contribution in [0.3, 0.4) is 0 Å². The summed E-state index contributed by atoms with van der Waals surface area (Å²) in [6.45, 7) is 11.7. The van der Waals surface area contributed by atoms with Gasteiger partial charge in [0.1, 0.15) is 22.7 Å². The summed E-state index contributed by atoms with van der Waals surface area (Å²) >= 11 is 0. The van der Waals surface area contributed by atoms with Crippen LogP contribution in [-0.2, 0) is 6.42 Å². The quantitative estimate of drug-likeness (QED) is 0.703. The molecule has 1 aromatic carbocycles. The highest BCUT2D eigenvalue weighted by Crippen LogP contribution is 2.41. The fourth-order valence-electron chi connectivity index (χ4n) is 2.73. The van der Waals surface area contributed by atoms with Crippen molar-refractivity contribution in [3.63, 3.8) is 0 Å². The van der Waals surface area contributed by atoms with Gasteiger partial charge >= 0.3 is 5.97 Å². The molecule has 4 heteroatoms. The van der Waals surface area contributed by atoms with Crippen molar-refractivity contribution in [2.24, 2.45) is 0 Å². The number of rotatable bonds is 6. The van der Waals surface area contributed by atoms with E-state index in [9.17, 15) is 15.0 Å². The van der Waals surface area contributed by atoms with Crippen LogP contribution in [0.25, 0.3) is 6.08 Å². The van der Waals surface area contributed by atoms with Crippen LogP contribution in [0.1, 0.15) is 68.4 Å². The van der Waals surface area contributed by atoms with E-state index in [4.69, 9.17) is 4.74 Å². The number of hydrogen-bond acceptors (Lipinski definition) is 3. The van der Waals surface area contributed by atoms with Gasteiger partial charge in [-0.05, 0) is 50.0 Å². The number of aromatic hydroxyl groups is 1. The van der Waals surface area contributed by atoms with Gasteiger partial charge < -0.3 is 14.9 Å². The molecule has 0 spiro atoms. The molecule has 0 bridgehead atoms. The van der Waals surface area contributed by atoms with Crippen LogP contribution in [-0.4, -0.2) is 21.8 Å². The van der Waals surface area contributed by atoms with Gasteiger partial charge in [-0.1, -0.05) is 33.3 Å².